The Morgan fingerprint density at radius 2 is 2.04 bits per heavy atom. The molecule has 1 amide bonds. The number of amides is 1. The largest absolute Gasteiger partial charge is 0.495 e. The van der Waals surface area contributed by atoms with E-state index in [0.29, 0.717) is 17.1 Å². The molecule has 2 N–H and O–H groups in total. The molecule has 0 aliphatic rings. The lowest BCUT2D eigenvalue weighted by atomic mass is 10.1. The Kier molecular flexibility index (Phi) is 5.83. The van der Waals surface area contributed by atoms with Gasteiger partial charge in [-0.3, -0.25) is 4.79 Å². The molecule has 128 valence electrons. The van der Waals surface area contributed by atoms with Crippen LogP contribution in [0.2, 0.25) is 5.02 Å². The maximum atomic E-state index is 12.2. The third-order valence-electron chi connectivity index (χ3n) is 3.20. The van der Waals surface area contributed by atoms with Crippen LogP contribution in [0.25, 0.3) is 0 Å². The molecular formula is C16H16ClNO6. The molecule has 24 heavy (non-hydrogen) atoms. The second-order valence-electron chi connectivity index (χ2n) is 4.84. The molecule has 2 aromatic rings. The first kappa shape index (κ1) is 17.8. The summed E-state index contributed by atoms with van der Waals surface area (Å²) < 4.78 is 15.2. The Balaban J connectivity index is 2.20. The lowest BCUT2D eigenvalue weighted by Gasteiger charge is -2.15. The number of methoxy groups -OCH3 is 2. The van der Waals surface area contributed by atoms with Crippen LogP contribution >= 0.6 is 11.6 Å². The summed E-state index contributed by atoms with van der Waals surface area (Å²) in [5.41, 5.74) is 0.310. The molecule has 1 atom stereocenters. The van der Waals surface area contributed by atoms with E-state index in [1.807, 2.05) is 0 Å². The average molecular weight is 354 g/mol. The monoisotopic (exact) mass is 353 g/mol. The van der Waals surface area contributed by atoms with Crippen molar-refractivity contribution in [3.8, 4) is 5.75 Å². The van der Waals surface area contributed by atoms with Gasteiger partial charge in [-0.1, -0.05) is 17.7 Å². The van der Waals surface area contributed by atoms with E-state index in [9.17, 15) is 14.7 Å². The van der Waals surface area contributed by atoms with Gasteiger partial charge in [0.25, 0.3) is 5.91 Å². The summed E-state index contributed by atoms with van der Waals surface area (Å²) in [4.78, 5) is 23.7. The standard InChI is InChI=1S/C16H16ClNO6/c1-22-8-10-4-6-13(24-10)15(19)18-14(16(20)21)9-3-5-12(23-2)11(17)7-9/h3-7,14H,8H2,1-2H3,(H,18,19)(H,20,21). The number of rotatable bonds is 7. The van der Waals surface area contributed by atoms with Crippen molar-refractivity contribution >= 4 is 23.5 Å². The van der Waals surface area contributed by atoms with Crippen molar-refractivity contribution in [1.82, 2.24) is 5.32 Å². The number of aliphatic carboxylic acids is 1. The number of nitrogens with one attached hydrogen (secondary N) is 1. The van der Waals surface area contributed by atoms with Gasteiger partial charge in [-0.2, -0.15) is 0 Å². The molecule has 1 unspecified atom stereocenters. The highest BCUT2D eigenvalue weighted by molar-refractivity contribution is 6.32. The van der Waals surface area contributed by atoms with E-state index < -0.39 is 17.9 Å². The average Bonchev–Trinajstić information content (AvgIpc) is 3.01. The number of furan rings is 1. The van der Waals surface area contributed by atoms with Crippen molar-refractivity contribution in [3.63, 3.8) is 0 Å². The van der Waals surface area contributed by atoms with Crippen LogP contribution in [-0.2, 0) is 16.1 Å². The van der Waals surface area contributed by atoms with Crippen molar-refractivity contribution in [2.24, 2.45) is 0 Å². The molecule has 7 nitrogen and oxygen atoms in total. The topological polar surface area (TPSA) is 98.0 Å². The molecule has 8 heteroatoms. The lowest BCUT2D eigenvalue weighted by Crippen LogP contribution is -2.33. The molecular weight excluding hydrogens is 338 g/mol. The number of carboxylic acid groups (broad SMARTS) is 1. The molecule has 0 aliphatic carbocycles. The molecule has 0 bridgehead atoms. The van der Waals surface area contributed by atoms with Gasteiger partial charge in [0.15, 0.2) is 11.8 Å². The summed E-state index contributed by atoms with van der Waals surface area (Å²) in [7, 11) is 2.95. The summed E-state index contributed by atoms with van der Waals surface area (Å²) in [6, 6.07) is 6.22. The van der Waals surface area contributed by atoms with E-state index >= 15 is 0 Å². The summed E-state index contributed by atoms with van der Waals surface area (Å²) >= 11 is 6.01. The normalized spacial score (nSPS) is 11.8. The first-order chi connectivity index (χ1) is 11.5. The smallest absolute Gasteiger partial charge is 0.330 e. The minimum absolute atomic E-state index is 0.00657. The van der Waals surface area contributed by atoms with Gasteiger partial charge in [0.05, 0.1) is 12.1 Å². The van der Waals surface area contributed by atoms with Gasteiger partial charge in [-0.05, 0) is 29.8 Å². The third kappa shape index (κ3) is 4.06. The fourth-order valence-electron chi connectivity index (χ4n) is 2.07. The minimum atomic E-state index is -1.28. The number of halogens is 1. The van der Waals surface area contributed by atoms with Crippen LogP contribution in [-0.4, -0.2) is 31.2 Å². The zero-order valence-corrected chi connectivity index (χ0v) is 13.8. The molecule has 0 saturated carbocycles. The van der Waals surface area contributed by atoms with E-state index in [1.165, 1.54) is 38.5 Å². The first-order valence-electron chi connectivity index (χ1n) is 6.91. The van der Waals surface area contributed by atoms with Crippen molar-refractivity contribution in [2.75, 3.05) is 14.2 Å². The van der Waals surface area contributed by atoms with Gasteiger partial charge in [0.2, 0.25) is 0 Å². The van der Waals surface area contributed by atoms with E-state index in [-0.39, 0.29) is 17.4 Å². The number of carbonyl (C=O) groups is 2. The fourth-order valence-corrected chi connectivity index (χ4v) is 2.34. The summed E-state index contributed by atoms with van der Waals surface area (Å²) in [6.07, 6.45) is 0. The molecule has 0 fully saturated rings. The Morgan fingerprint density at radius 3 is 2.62 bits per heavy atom. The van der Waals surface area contributed by atoms with Crippen molar-refractivity contribution in [3.05, 3.63) is 52.4 Å². The highest BCUT2D eigenvalue weighted by atomic mass is 35.5. The Hall–Kier alpha value is -2.51. The van der Waals surface area contributed by atoms with Crippen LogP contribution in [0.3, 0.4) is 0 Å². The highest BCUT2D eigenvalue weighted by Gasteiger charge is 2.25. The first-order valence-corrected chi connectivity index (χ1v) is 7.28. The molecule has 1 heterocycles. The van der Waals surface area contributed by atoms with Crippen LogP contribution in [0.15, 0.2) is 34.7 Å². The molecule has 1 aromatic heterocycles. The molecule has 0 saturated heterocycles. The van der Waals surface area contributed by atoms with Gasteiger partial charge < -0.3 is 24.3 Å². The van der Waals surface area contributed by atoms with Gasteiger partial charge in [-0.15, -0.1) is 0 Å². The summed E-state index contributed by atoms with van der Waals surface area (Å²) in [6.45, 7) is 0.212. The van der Waals surface area contributed by atoms with Crippen molar-refractivity contribution < 1.29 is 28.6 Å². The number of ether oxygens (including phenoxy) is 2. The van der Waals surface area contributed by atoms with Crippen LogP contribution in [0.4, 0.5) is 0 Å². The summed E-state index contributed by atoms with van der Waals surface area (Å²) in [5.74, 6) is -1.02. The number of benzene rings is 1. The lowest BCUT2D eigenvalue weighted by molar-refractivity contribution is -0.139. The van der Waals surface area contributed by atoms with Gasteiger partial charge in [0.1, 0.15) is 18.1 Å². The minimum Gasteiger partial charge on any atom is -0.495 e. The number of hydrogen-bond donors (Lipinski definition) is 2. The van der Waals surface area contributed by atoms with Crippen molar-refractivity contribution in [2.45, 2.75) is 12.6 Å². The molecule has 1 aromatic carbocycles. The Morgan fingerprint density at radius 1 is 1.29 bits per heavy atom. The van der Waals surface area contributed by atoms with Crippen LogP contribution in [0.1, 0.15) is 27.9 Å². The van der Waals surface area contributed by atoms with Gasteiger partial charge in [-0.25, -0.2) is 4.79 Å². The maximum absolute atomic E-state index is 12.2. The number of carbonyl (C=O) groups excluding carboxylic acids is 1. The predicted octanol–water partition coefficient (Wildman–Crippen LogP) is 2.64. The Bertz CT molecular complexity index is 742. The number of hydrogen-bond acceptors (Lipinski definition) is 5. The second-order valence-corrected chi connectivity index (χ2v) is 5.24. The fraction of sp³-hybridized carbons (Fsp3) is 0.250. The molecule has 0 radical (unpaired) electrons. The zero-order valence-electron chi connectivity index (χ0n) is 13.0. The number of carboxylic acids is 1. The van der Waals surface area contributed by atoms with Crippen LogP contribution in [0.5, 0.6) is 5.75 Å². The molecule has 2 rings (SSSR count). The molecule has 0 aliphatic heterocycles. The van der Waals surface area contributed by atoms with Gasteiger partial charge in [0, 0.05) is 7.11 Å². The van der Waals surface area contributed by atoms with E-state index in [2.05, 4.69) is 5.32 Å². The van der Waals surface area contributed by atoms with Gasteiger partial charge >= 0.3 is 5.97 Å². The predicted molar refractivity (Wildman–Crippen MR) is 85.3 cm³/mol. The SMILES string of the molecule is COCc1ccc(C(=O)NC(C(=O)O)c2ccc(OC)c(Cl)c2)o1. The third-order valence-corrected chi connectivity index (χ3v) is 3.50. The van der Waals surface area contributed by atoms with E-state index in [1.54, 1.807) is 6.07 Å². The highest BCUT2D eigenvalue weighted by Crippen LogP contribution is 2.28. The van der Waals surface area contributed by atoms with E-state index in [4.69, 9.17) is 25.5 Å². The Labute approximate surface area is 143 Å². The zero-order chi connectivity index (χ0) is 17.7. The quantitative estimate of drug-likeness (QED) is 0.794. The summed E-state index contributed by atoms with van der Waals surface area (Å²) in [5, 5.41) is 12.0. The van der Waals surface area contributed by atoms with Crippen LogP contribution in [0, 0.1) is 0 Å². The maximum Gasteiger partial charge on any atom is 0.330 e. The molecule has 0 spiro atoms. The van der Waals surface area contributed by atoms with Crippen LogP contribution < -0.4 is 10.1 Å². The van der Waals surface area contributed by atoms with E-state index in [0.717, 1.165) is 0 Å². The second kappa shape index (κ2) is 7.85. The van der Waals surface area contributed by atoms with Crippen molar-refractivity contribution in [1.29, 1.82) is 0 Å².